The number of rotatable bonds is 12. The molecular weight excluding hydrogens is 479 g/mol. The molecule has 0 aliphatic carbocycles. The third kappa shape index (κ3) is 8.96. The maximum Gasteiger partial charge on any atom is 0.573 e. The van der Waals surface area contributed by atoms with E-state index >= 15 is 0 Å². The quantitative estimate of drug-likeness (QED) is 0.362. The molecule has 2 heterocycles. The third-order valence-electron chi connectivity index (χ3n) is 4.86. The molecule has 0 saturated heterocycles. The van der Waals surface area contributed by atoms with Crippen LogP contribution in [-0.4, -0.2) is 49.9 Å². The van der Waals surface area contributed by atoms with Crippen LogP contribution in [-0.2, 0) is 24.2 Å². The largest absolute Gasteiger partial charge is 0.573 e. The lowest BCUT2D eigenvalue weighted by molar-refractivity contribution is -0.274. The van der Waals surface area contributed by atoms with Crippen LogP contribution in [0.25, 0.3) is 0 Å². The number of hydrogen-bond donors (Lipinski definition) is 2. The lowest BCUT2D eigenvalue weighted by Crippen LogP contribution is -2.24. The highest BCUT2D eigenvalue weighted by molar-refractivity contribution is 5.92. The number of amides is 2. The zero-order valence-electron chi connectivity index (χ0n) is 19.6. The summed E-state index contributed by atoms with van der Waals surface area (Å²) in [5, 5.41) is 21.2. The minimum Gasteiger partial charge on any atom is -0.406 e. The normalized spacial score (nSPS) is 11.2. The van der Waals surface area contributed by atoms with Crippen molar-refractivity contribution >= 4 is 17.6 Å². The summed E-state index contributed by atoms with van der Waals surface area (Å²) in [6, 6.07) is 8.58. The van der Waals surface area contributed by atoms with Gasteiger partial charge in [-0.3, -0.25) is 14.3 Å². The third-order valence-corrected chi connectivity index (χ3v) is 4.86. The van der Waals surface area contributed by atoms with Crippen molar-refractivity contribution in [3.05, 3.63) is 59.5 Å². The second-order valence-electron chi connectivity index (χ2n) is 7.91. The monoisotopic (exact) mass is 505 g/mol. The molecule has 1 aromatic carbocycles. The fourth-order valence-electron chi connectivity index (χ4n) is 3.21. The molecule has 192 valence electrons. The number of alkyl halides is 3. The van der Waals surface area contributed by atoms with Gasteiger partial charge in [-0.15, -0.1) is 23.4 Å². The van der Waals surface area contributed by atoms with Crippen molar-refractivity contribution in [3.8, 4) is 5.75 Å². The van der Waals surface area contributed by atoms with Crippen molar-refractivity contribution in [2.45, 2.75) is 51.9 Å². The number of benzene rings is 1. The first-order valence-corrected chi connectivity index (χ1v) is 11.4. The van der Waals surface area contributed by atoms with Gasteiger partial charge in [0.05, 0.1) is 18.3 Å². The van der Waals surface area contributed by atoms with Crippen LogP contribution in [0.5, 0.6) is 5.75 Å². The summed E-state index contributed by atoms with van der Waals surface area (Å²) in [5.74, 6) is -0.840. The second-order valence-corrected chi connectivity index (χ2v) is 7.91. The Morgan fingerprint density at radius 2 is 1.92 bits per heavy atom. The molecule has 3 rings (SSSR count). The molecule has 36 heavy (non-hydrogen) atoms. The van der Waals surface area contributed by atoms with E-state index in [1.807, 2.05) is 6.92 Å². The average Bonchev–Trinajstić information content (AvgIpc) is 3.29. The molecule has 13 heteroatoms. The molecule has 0 saturated carbocycles. The number of nitrogens with zero attached hydrogens (tertiary/aromatic N) is 5. The van der Waals surface area contributed by atoms with E-state index in [4.69, 9.17) is 0 Å². The fourth-order valence-corrected chi connectivity index (χ4v) is 3.21. The van der Waals surface area contributed by atoms with Crippen LogP contribution in [0.3, 0.4) is 0 Å². The van der Waals surface area contributed by atoms with Gasteiger partial charge in [-0.1, -0.05) is 24.3 Å². The molecule has 3 aromatic rings. The summed E-state index contributed by atoms with van der Waals surface area (Å²) in [7, 11) is 0. The molecule has 2 amide bonds. The van der Waals surface area contributed by atoms with E-state index in [2.05, 4.69) is 35.9 Å². The number of ether oxygens (including phenoxy) is 1. The number of unbranched alkanes of at least 4 members (excludes halogenated alkanes) is 1. The number of aromatic nitrogens is 5. The summed E-state index contributed by atoms with van der Waals surface area (Å²) in [5.41, 5.74) is 1.39. The van der Waals surface area contributed by atoms with Gasteiger partial charge in [-0.05, 0) is 55.5 Å². The summed E-state index contributed by atoms with van der Waals surface area (Å²) >= 11 is 0. The van der Waals surface area contributed by atoms with Gasteiger partial charge < -0.3 is 15.4 Å². The molecule has 0 radical (unpaired) electrons. The first-order valence-electron chi connectivity index (χ1n) is 11.4. The fraction of sp³-hybridized carbons (Fsp3) is 0.391. The van der Waals surface area contributed by atoms with Crippen LogP contribution in [0.4, 0.5) is 19.0 Å². The zero-order chi connectivity index (χ0) is 26.0. The van der Waals surface area contributed by atoms with Gasteiger partial charge in [-0.25, -0.2) is 0 Å². The van der Waals surface area contributed by atoms with E-state index in [0.717, 1.165) is 37.1 Å². The van der Waals surface area contributed by atoms with Crippen molar-refractivity contribution < 1.29 is 27.5 Å². The highest BCUT2D eigenvalue weighted by atomic mass is 19.4. The molecule has 2 N–H and O–H groups in total. The highest BCUT2D eigenvalue weighted by Crippen LogP contribution is 2.23. The van der Waals surface area contributed by atoms with Gasteiger partial charge in [0.2, 0.25) is 5.91 Å². The molecule has 10 nitrogen and oxygen atoms in total. The van der Waals surface area contributed by atoms with Gasteiger partial charge >= 0.3 is 6.36 Å². The van der Waals surface area contributed by atoms with Crippen LogP contribution < -0.4 is 15.4 Å². The van der Waals surface area contributed by atoms with E-state index in [0.29, 0.717) is 25.1 Å². The number of aryl methyl sites for hydroxylation is 2. The molecule has 0 aliphatic heterocycles. The molecule has 2 aromatic heterocycles. The average molecular weight is 506 g/mol. The maximum atomic E-state index is 12.4. The number of halogens is 3. The van der Waals surface area contributed by atoms with Crippen molar-refractivity contribution in [1.82, 2.24) is 30.5 Å². The van der Waals surface area contributed by atoms with Crippen molar-refractivity contribution in [2.75, 3.05) is 11.9 Å². The van der Waals surface area contributed by atoms with Crippen LogP contribution >= 0.6 is 0 Å². The molecule has 0 aliphatic rings. The van der Waals surface area contributed by atoms with Crippen LogP contribution in [0.1, 0.15) is 47.9 Å². The molecular formula is C23H26F3N7O3. The Bertz CT molecular complexity index is 1150. The zero-order valence-corrected chi connectivity index (χ0v) is 19.6. The summed E-state index contributed by atoms with van der Waals surface area (Å²) in [6.45, 7) is 3.16. The Morgan fingerprint density at radius 1 is 1.08 bits per heavy atom. The first kappa shape index (κ1) is 26.6. The number of carbonyl (C=O) groups excluding carboxylic acids is 2. The van der Waals surface area contributed by atoms with Gasteiger partial charge in [0, 0.05) is 13.1 Å². The Hall–Kier alpha value is -4.03. The Morgan fingerprint density at radius 3 is 2.64 bits per heavy atom. The Balaban J connectivity index is 1.40. The predicted molar refractivity (Wildman–Crippen MR) is 123 cm³/mol. The number of hydrogen-bond acceptors (Lipinski definition) is 7. The smallest absolute Gasteiger partial charge is 0.406 e. The van der Waals surface area contributed by atoms with Gasteiger partial charge in [0.15, 0.2) is 11.5 Å². The van der Waals surface area contributed by atoms with E-state index < -0.39 is 18.0 Å². The SMILES string of the molecule is CCCNC(=O)c1cn(CCCCc2ccc(NC(=O)Cc3cccc(OC(F)(F)F)c3)nn2)nn1. The molecule has 0 atom stereocenters. The Labute approximate surface area is 205 Å². The first-order chi connectivity index (χ1) is 17.2. The lowest BCUT2D eigenvalue weighted by Gasteiger charge is -2.10. The van der Waals surface area contributed by atoms with Crippen molar-refractivity contribution in [2.24, 2.45) is 0 Å². The summed E-state index contributed by atoms with van der Waals surface area (Å²) in [6.07, 6.45) is -0.250. The second kappa shape index (κ2) is 12.6. The van der Waals surface area contributed by atoms with E-state index in [1.54, 1.807) is 23.0 Å². The molecule has 0 unspecified atom stereocenters. The van der Waals surface area contributed by atoms with E-state index in [1.165, 1.54) is 12.1 Å². The molecule has 0 spiro atoms. The highest BCUT2D eigenvalue weighted by Gasteiger charge is 2.31. The van der Waals surface area contributed by atoms with E-state index in [-0.39, 0.29) is 23.8 Å². The van der Waals surface area contributed by atoms with Crippen LogP contribution in [0.2, 0.25) is 0 Å². The van der Waals surface area contributed by atoms with Crippen molar-refractivity contribution in [3.63, 3.8) is 0 Å². The van der Waals surface area contributed by atoms with Gasteiger partial charge in [0.25, 0.3) is 5.91 Å². The number of anilines is 1. The predicted octanol–water partition coefficient (Wildman–Crippen LogP) is 3.31. The number of carbonyl (C=O) groups is 2. The Kier molecular flexibility index (Phi) is 9.31. The standard InChI is InChI=1S/C23H26F3N7O3/c1-2-11-27-22(35)19-15-33(32-30-19)12-4-3-7-17-9-10-20(31-29-17)28-21(34)14-16-6-5-8-18(13-16)36-23(24,25)26/h5-6,8-10,13,15H,2-4,7,11-12,14H2,1H3,(H,27,35)(H,28,31,34). The minimum atomic E-state index is -4.80. The molecule has 0 fully saturated rings. The molecule has 0 bridgehead atoms. The van der Waals surface area contributed by atoms with Crippen LogP contribution in [0.15, 0.2) is 42.6 Å². The number of nitrogens with one attached hydrogen (secondary N) is 2. The van der Waals surface area contributed by atoms with Gasteiger partial charge in [-0.2, -0.15) is 5.10 Å². The lowest BCUT2D eigenvalue weighted by atomic mass is 10.1. The van der Waals surface area contributed by atoms with Crippen molar-refractivity contribution in [1.29, 1.82) is 0 Å². The maximum absolute atomic E-state index is 12.4. The van der Waals surface area contributed by atoms with Crippen LogP contribution in [0, 0.1) is 0 Å². The topological polar surface area (TPSA) is 124 Å². The van der Waals surface area contributed by atoms with E-state index in [9.17, 15) is 22.8 Å². The minimum absolute atomic E-state index is 0.150. The van der Waals surface area contributed by atoms with Gasteiger partial charge in [0.1, 0.15) is 5.75 Å². The summed E-state index contributed by atoms with van der Waals surface area (Å²) in [4.78, 5) is 24.1. The summed E-state index contributed by atoms with van der Waals surface area (Å²) < 4.78 is 42.6.